The fourth-order valence-corrected chi connectivity index (χ4v) is 1.94. The molecule has 0 aliphatic heterocycles. The lowest BCUT2D eigenvalue weighted by molar-refractivity contribution is 0.221. The first kappa shape index (κ1) is 4.80. The summed E-state index contributed by atoms with van der Waals surface area (Å²) >= 11 is 0. The molecule has 2 aliphatic carbocycles. The van der Waals surface area contributed by atoms with E-state index in [1.807, 2.05) is 0 Å². The second-order valence-electron chi connectivity index (χ2n) is 3.29. The van der Waals surface area contributed by atoms with Crippen LogP contribution in [0.1, 0.15) is 32.1 Å². The van der Waals surface area contributed by atoms with Crippen LogP contribution in [0.25, 0.3) is 0 Å². The number of hydrogen-bond acceptors (Lipinski definition) is 1. The number of hydrogen-bond donors (Lipinski definition) is 1. The molecule has 0 aromatic rings. The zero-order chi connectivity index (χ0) is 5.61. The standard InChI is InChI=1S/C7H12O/c8-6-5-7(6)3-1-2-4-7/h6,8H,1-5H2. The molecule has 1 atom stereocenters. The molecule has 2 aliphatic rings. The molecule has 2 fully saturated rings. The Morgan fingerprint density at radius 1 is 1.25 bits per heavy atom. The minimum Gasteiger partial charge on any atom is -0.393 e. The van der Waals surface area contributed by atoms with Crippen molar-refractivity contribution in [3.63, 3.8) is 0 Å². The van der Waals surface area contributed by atoms with E-state index in [4.69, 9.17) is 5.11 Å². The zero-order valence-corrected chi connectivity index (χ0v) is 5.06. The molecule has 2 saturated carbocycles. The minimum absolute atomic E-state index is 0.0880. The van der Waals surface area contributed by atoms with Gasteiger partial charge in [0.25, 0.3) is 0 Å². The number of aliphatic hydroxyl groups is 1. The summed E-state index contributed by atoms with van der Waals surface area (Å²) in [6.07, 6.45) is 6.51. The van der Waals surface area contributed by atoms with E-state index in [2.05, 4.69) is 0 Å². The van der Waals surface area contributed by atoms with Gasteiger partial charge >= 0.3 is 0 Å². The Morgan fingerprint density at radius 2 is 1.75 bits per heavy atom. The molecule has 0 amide bonds. The molecule has 8 heavy (non-hydrogen) atoms. The maximum atomic E-state index is 9.12. The number of rotatable bonds is 0. The average Bonchev–Trinajstić information content (AvgIpc) is 2.29. The van der Waals surface area contributed by atoms with Gasteiger partial charge in [-0.15, -0.1) is 0 Å². The first-order chi connectivity index (χ1) is 3.83. The van der Waals surface area contributed by atoms with E-state index in [0.29, 0.717) is 5.41 Å². The van der Waals surface area contributed by atoms with Crippen LogP contribution in [0.15, 0.2) is 0 Å². The van der Waals surface area contributed by atoms with Crippen molar-refractivity contribution in [2.24, 2.45) is 5.41 Å². The van der Waals surface area contributed by atoms with Crippen molar-refractivity contribution < 1.29 is 5.11 Å². The molecule has 1 nitrogen and oxygen atoms in total. The van der Waals surface area contributed by atoms with E-state index in [0.717, 1.165) is 6.42 Å². The van der Waals surface area contributed by atoms with Gasteiger partial charge in [0.1, 0.15) is 0 Å². The molecule has 1 unspecified atom stereocenters. The van der Waals surface area contributed by atoms with E-state index >= 15 is 0 Å². The smallest absolute Gasteiger partial charge is 0.0603 e. The average molecular weight is 112 g/mol. The molecule has 1 spiro atoms. The highest BCUT2D eigenvalue weighted by Gasteiger charge is 2.54. The lowest BCUT2D eigenvalue weighted by Crippen LogP contribution is -1.98. The summed E-state index contributed by atoms with van der Waals surface area (Å²) in [4.78, 5) is 0. The highest BCUT2D eigenvalue weighted by atomic mass is 16.3. The SMILES string of the molecule is OC1CC12CCCC2. The van der Waals surface area contributed by atoms with Crippen molar-refractivity contribution in [2.45, 2.75) is 38.2 Å². The summed E-state index contributed by atoms with van der Waals surface area (Å²) < 4.78 is 0. The van der Waals surface area contributed by atoms with E-state index in [9.17, 15) is 0 Å². The summed E-state index contributed by atoms with van der Waals surface area (Å²) in [6, 6.07) is 0. The van der Waals surface area contributed by atoms with Crippen LogP contribution < -0.4 is 0 Å². The summed E-state index contributed by atoms with van der Waals surface area (Å²) in [5.74, 6) is 0. The third-order valence-electron chi connectivity index (χ3n) is 2.75. The normalized spacial score (nSPS) is 40.9. The Hall–Kier alpha value is -0.0400. The van der Waals surface area contributed by atoms with Gasteiger partial charge < -0.3 is 5.11 Å². The van der Waals surface area contributed by atoms with Crippen molar-refractivity contribution in [3.05, 3.63) is 0 Å². The molecule has 0 aromatic carbocycles. The molecular weight excluding hydrogens is 100 g/mol. The third kappa shape index (κ3) is 0.455. The number of aliphatic hydroxyl groups excluding tert-OH is 1. The molecule has 0 radical (unpaired) electrons. The highest BCUT2D eigenvalue weighted by molar-refractivity contribution is 5.05. The Kier molecular flexibility index (Phi) is 0.762. The van der Waals surface area contributed by atoms with E-state index in [1.165, 1.54) is 25.7 Å². The van der Waals surface area contributed by atoms with Gasteiger partial charge in [0.15, 0.2) is 0 Å². The van der Waals surface area contributed by atoms with Gasteiger partial charge in [0.2, 0.25) is 0 Å². The molecule has 46 valence electrons. The largest absolute Gasteiger partial charge is 0.393 e. The van der Waals surface area contributed by atoms with Crippen LogP contribution in [0.3, 0.4) is 0 Å². The van der Waals surface area contributed by atoms with Gasteiger partial charge in [0.05, 0.1) is 6.10 Å². The summed E-state index contributed by atoms with van der Waals surface area (Å²) in [7, 11) is 0. The van der Waals surface area contributed by atoms with Crippen molar-refractivity contribution in [3.8, 4) is 0 Å². The van der Waals surface area contributed by atoms with Gasteiger partial charge in [-0.05, 0) is 24.7 Å². The second kappa shape index (κ2) is 1.27. The Labute approximate surface area is 49.7 Å². The van der Waals surface area contributed by atoms with Crippen LogP contribution in [0.5, 0.6) is 0 Å². The highest BCUT2D eigenvalue weighted by Crippen LogP contribution is 2.57. The summed E-state index contributed by atoms with van der Waals surface area (Å²) in [5.41, 5.74) is 0.458. The molecule has 1 heteroatoms. The zero-order valence-electron chi connectivity index (χ0n) is 5.06. The van der Waals surface area contributed by atoms with Crippen molar-refractivity contribution in [2.75, 3.05) is 0 Å². The predicted molar refractivity (Wildman–Crippen MR) is 31.5 cm³/mol. The Bertz CT molecular complexity index is 103. The molecular formula is C7H12O. The molecule has 0 saturated heterocycles. The lowest BCUT2D eigenvalue weighted by Gasteiger charge is -2.00. The van der Waals surface area contributed by atoms with Crippen LogP contribution in [0.4, 0.5) is 0 Å². The Balaban J connectivity index is 2.06. The van der Waals surface area contributed by atoms with E-state index < -0.39 is 0 Å². The topological polar surface area (TPSA) is 20.2 Å². The molecule has 2 rings (SSSR count). The molecule has 0 heterocycles. The van der Waals surface area contributed by atoms with Crippen LogP contribution in [0, 0.1) is 5.41 Å². The first-order valence-corrected chi connectivity index (χ1v) is 3.52. The van der Waals surface area contributed by atoms with Crippen molar-refractivity contribution >= 4 is 0 Å². The fraction of sp³-hybridized carbons (Fsp3) is 1.00. The second-order valence-corrected chi connectivity index (χ2v) is 3.29. The molecule has 0 bridgehead atoms. The molecule has 1 N–H and O–H groups in total. The fourth-order valence-electron chi connectivity index (χ4n) is 1.94. The van der Waals surface area contributed by atoms with Gasteiger partial charge in [-0.2, -0.15) is 0 Å². The maximum Gasteiger partial charge on any atom is 0.0603 e. The van der Waals surface area contributed by atoms with E-state index in [-0.39, 0.29) is 6.10 Å². The molecule has 0 aromatic heterocycles. The monoisotopic (exact) mass is 112 g/mol. The van der Waals surface area contributed by atoms with Crippen LogP contribution >= 0.6 is 0 Å². The minimum atomic E-state index is 0.0880. The lowest BCUT2D eigenvalue weighted by atomic mass is 10.1. The predicted octanol–water partition coefficient (Wildman–Crippen LogP) is 1.31. The van der Waals surface area contributed by atoms with Gasteiger partial charge in [0, 0.05) is 0 Å². The van der Waals surface area contributed by atoms with Crippen LogP contribution in [0.2, 0.25) is 0 Å². The Morgan fingerprint density at radius 3 is 2.00 bits per heavy atom. The summed E-state index contributed by atoms with van der Waals surface area (Å²) in [5, 5.41) is 9.12. The van der Waals surface area contributed by atoms with Crippen molar-refractivity contribution in [1.82, 2.24) is 0 Å². The summed E-state index contributed by atoms with van der Waals surface area (Å²) in [6.45, 7) is 0. The third-order valence-corrected chi connectivity index (χ3v) is 2.75. The van der Waals surface area contributed by atoms with E-state index in [1.54, 1.807) is 0 Å². The van der Waals surface area contributed by atoms with Crippen LogP contribution in [-0.4, -0.2) is 11.2 Å². The van der Waals surface area contributed by atoms with Crippen molar-refractivity contribution in [1.29, 1.82) is 0 Å². The quantitative estimate of drug-likeness (QED) is 0.501. The maximum absolute atomic E-state index is 9.12. The van der Waals surface area contributed by atoms with Crippen LogP contribution in [-0.2, 0) is 0 Å². The van der Waals surface area contributed by atoms with Gasteiger partial charge in [-0.1, -0.05) is 12.8 Å². The van der Waals surface area contributed by atoms with Gasteiger partial charge in [-0.3, -0.25) is 0 Å². The van der Waals surface area contributed by atoms with Gasteiger partial charge in [-0.25, -0.2) is 0 Å². The first-order valence-electron chi connectivity index (χ1n) is 3.52.